The first-order valence-corrected chi connectivity index (χ1v) is 18.7. The Morgan fingerprint density at radius 1 is 0.291 bits per heavy atom. The fourth-order valence-corrected chi connectivity index (χ4v) is 8.17. The highest BCUT2D eigenvalue weighted by molar-refractivity contribution is 6.10. The predicted molar refractivity (Wildman–Crippen MR) is 229 cm³/mol. The van der Waals surface area contributed by atoms with Crippen molar-refractivity contribution in [2.24, 2.45) is 0 Å². The van der Waals surface area contributed by atoms with E-state index in [0.29, 0.717) is 0 Å². The lowest BCUT2D eigenvalue weighted by atomic mass is 9.99. The summed E-state index contributed by atoms with van der Waals surface area (Å²) in [4.78, 5) is 2.33. The number of fused-ring (bicyclic) bond motifs is 7. The molecule has 0 radical (unpaired) electrons. The monoisotopic (exact) mass is 703 g/mol. The molecule has 258 valence electrons. The summed E-state index contributed by atoms with van der Waals surface area (Å²) in [7, 11) is 0. The number of anilines is 3. The average Bonchev–Trinajstić information content (AvgIpc) is 3.83. The van der Waals surface area contributed by atoms with E-state index in [4.69, 9.17) is 8.83 Å². The first-order valence-electron chi connectivity index (χ1n) is 18.7. The van der Waals surface area contributed by atoms with E-state index in [9.17, 15) is 0 Å². The van der Waals surface area contributed by atoms with E-state index in [1.165, 1.54) is 16.3 Å². The summed E-state index contributed by atoms with van der Waals surface area (Å²) >= 11 is 0. The quantitative estimate of drug-likeness (QED) is 0.173. The van der Waals surface area contributed by atoms with E-state index < -0.39 is 0 Å². The summed E-state index contributed by atoms with van der Waals surface area (Å²) < 4.78 is 12.8. The molecule has 55 heavy (non-hydrogen) atoms. The molecule has 0 saturated heterocycles. The maximum Gasteiger partial charge on any atom is 0.143 e. The minimum atomic E-state index is 0.902. The van der Waals surface area contributed by atoms with Gasteiger partial charge in [0.05, 0.1) is 0 Å². The Kier molecular flexibility index (Phi) is 7.17. The molecule has 0 N–H and O–H groups in total. The molecule has 0 aliphatic carbocycles. The van der Waals surface area contributed by atoms with Crippen LogP contribution in [-0.2, 0) is 0 Å². The van der Waals surface area contributed by atoms with Crippen LogP contribution in [-0.4, -0.2) is 0 Å². The third kappa shape index (κ3) is 5.28. The molecule has 3 heteroatoms. The van der Waals surface area contributed by atoms with Crippen molar-refractivity contribution in [2.75, 3.05) is 4.90 Å². The van der Waals surface area contributed by atoms with Crippen LogP contribution in [0.2, 0.25) is 0 Å². The van der Waals surface area contributed by atoms with Crippen molar-refractivity contribution in [3.63, 3.8) is 0 Å². The van der Waals surface area contributed by atoms with Crippen LogP contribution < -0.4 is 4.90 Å². The van der Waals surface area contributed by atoms with Gasteiger partial charge in [0.25, 0.3) is 0 Å². The van der Waals surface area contributed by atoms with Crippen molar-refractivity contribution in [1.82, 2.24) is 0 Å². The molecule has 0 atom stereocenters. The highest BCUT2D eigenvalue weighted by Gasteiger charge is 2.18. The van der Waals surface area contributed by atoms with Gasteiger partial charge in [-0.1, -0.05) is 146 Å². The van der Waals surface area contributed by atoms with E-state index >= 15 is 0 Å². The van der Waals surface area contributed by atoms with Gasteiger partial charge < -0.3 is 13.7 Å². The van der Waals surface area contributed by atoms with Crippen LogP contribution >= 0.6 is 0 Å². The zero-order valence-electron chi connectivity index (χ0n) is 29.8. The largest absolute Gasteiger partial charge is 0.455 e. The lowest BCUT2D eigenvalue weighted by Gasteiger charge is -2.26. The predicted octanol–water partition coefficient (Wildman–Crippen LogP) is 15.1. The highest BCUT2D eigenvalue weighted by atomic mass is 16.3. The molecule has 9 aromatic carbocycles. The first kappa shape index (κ1) is 31.2. The number of nitrogens with zero attached hydrogens (tertiary/aromatic N) is 1. The Morgan fingerprint density at radius 2 is 0.764 bits per heavy atom. The zero-order chi connectivity index (χ0) is 36.3. The summed E-state index contributed by atoms with van der Waals surface area (Å²) in [5.74, 6) is 0. The molecular formula is C52H33NO2. The summed E-state index contributed by atoms with van der Waals surface area (Å²) in [6.07, 6.45) is 0. The van der Waals surface area contributed by atoms with Gasteiger partial charge in [-0.15, -0.1) is 0 Å². The second-order valence-corrected chi connectivity index (χ2v) is 14.1. The molecular weight excluding hydrogens is 671 g/mol. The van der Waals surface area contributed by atoms with Gasteiger partial charge in [0, 0.05) is 49.7 Å². The van der Waals surface area contributed by atoms with Gasteiger partial charge in [-0.2, -0.15) is 0 Å². The number of para-hydroxylation sites is 4. The van der Waals surface area contributed by atoms with E-state index in [-0.39, 0.29) is 0 Å². The minimum absolute atomic E-state index is 0.902. The molecule has 2 heterocycles. The van der Waals surface area contributed by atoms with Gasteiger partial charge in [0.1, 0.15) is 22.3 Å². The number of furan rings is 2. The van der Waals surface area contributed by atoms with Gasteiger partial charge in [-0.25, -0.2) is 0 Å². The van der Waals surface area contributed by atoms with Gasteiger partial charge in [-0.3, -0.25) is 0 Å². The normalized spacial score (nSPS) is 11.6. The average molecular weight is 704 g/mol. The fraction of sp³-hybridized carbons (Fsp3) is 0. The van der Waals surface area contributed by atoms with Crippen molar-refractivity contribution in [2.45, 2.75) is 0 Å². The molecule has 3 nitrogen and oxygen atoms in total. The van der Waals surface area contributed by atoms with E-state index in [1.807, 2.05) is 24.3 Å². The van der Waals surface area contributed by atoms with Crippen LogP contribution in [0.3, 0.4) is 0 Å². The Labute approximate surface area is 317 Å². The lowest BCUT2D eigenvalue weighted by molar-refractivity contribution is 0.669. The number of rotatable bonds is 6. The SMILES string of the molecule is c1cc(-c2ccc3ccccc3c2)cc(N(c2ccc(-c3cccc4c3oc3ccccc34)cc2)c2ccc(-c3cccc4c3oc3ccccc34)cc2)c1. The third-order valence-electron chi connectivity index (χ3n) is 10.9. The van der Waals surface area contributed by atoms with Crippen molar-refractivity contribution in [3.05, 3.63) is 200 Å². The van der Waals surface area contributed by atoms with Gasteiger partial charge in [-0.05, 0) is 87.6 Å². The van der Waals surface area contributed by atoms with Crippen LogP contribution in [0.25, 0.3) is 88.0 Å². The zero-order valence-corrected chi connectivity index (χ0v) is 29.8. The summed E-state index contributed by atoms with van der Waals surface area (Å²) in [6, 6.07) is 71.0. The summed E-state index contributed by atoms with van der Waals surface area (Å²) in [6.45, 7) is 0. The lowest BCUT2D eigenvalue weighted by Crippen LogP contribution is -2.10. The number of hydrogen-bond donors (Lipinski definition) is 0. The van der Waals surface area contributed by atoms with Crippen molar-refractivity contribution >= 4 is 71.7 Å². The topological polar surface area (TPSA) is 29.5 Å². The molecule has 2 aromatic heterocycles. The van der Waals surface area contributed by atoms with Crippen LogP contribution in [0.4, 0.5) is 17.1 Å². The van der Waals surface area contributed by atoms with Crippen molar-refractivity contribution in [3.8, 4) is 33.4 Å². The number of hydrogen-bond acceptors (Lipinski definition) is 3. The van der Waals surface area contributed by atoms with Gasteiger partial charge in [0.2, 0.25) is 0 Å². The van der Waals surface area contributed by atoms with Crippen LogP contribution in [0.5, 0.6) is 0 Å². The molecule has 11 rings (SSSR count). The van der Waals surface area contributed by atoms with Crippen molar-refractivity contribution < 1.29 is 8.83 Å². The molecule has 11 aromatic rings. The molecule has 0 aliphatic rings. The van der Waals surface area contributed by atoms with Gasteiger partial charge >= 0.3 is 0 Å². The molecule has 0 saturated carbocycles. The Morgan fingerprint density at radius 3 is 1.36 bits per heavy atom. The smallest absolute Gasteiger partial charge is 0.143 e. The van der Waals surface area contributed by atoms with E-state index in [0.717, 1.165) is 88.8 Å². The Bertz CT molecular complexity index is 3050. The molecule has 0 unspecified atom stereocenters. The van der Waals surface area contributed by atoms with E-state index in [1.54, 1.807) is 0 Å². The van der Waals surface area contributed by atoms with E-state index in [2.05, 4.69) is 181 Å². The molecule has 0 spiro atoms. The van der Waals surface area contributed by atoms with Crippen molar-refractivity contribution in [1.29, 1.82) is 0 Å². The molecule has 0 bridgehead atoms. The minimum Gasteiger partial charge on any atom is -0.455 e. The highest BCUT2D eigenvalue weighted by Crippen LogP contribution is 2.42. The second kappa shape index (κ2) is 12.6. The fourth-order valence-electron chi connectivity index (χ4n) is 8.17. The molecule has 0 amide bonds. The maximum absolute atomic E-state index is 6.41. The van der Waals surface area contributed by atoms with Crippen LogP contribution in [0, 0.1) is 0 Å². The number of benzene rings is 9. The third-order valence-corrected chi connectivity index (χ3v) is 10.9. The van der Waals surface area contributed by atoms with Gasteiger partial charge in [0.15, 0.2) is 0 Å². The standard InChI is InChI=1S/C52H33NO2/c1-2-11-37-32-39(23-22-34(37)10-1)38-12-7-13-42(33-38)53(40-28-24-35(25-29-40)43-16-8-18-47-45-14-3-5-20-49(45)54-51(43)47)41-30-26-36(27-31-41)44-17-9-19-48-46-15-4-6-21-50(46)55-52(44)48/h1-33H. The molecule has 0 fully saturated rings. The first-order chi connectivity index (χ1) is 27.2. The maximum atomic E-state index is 6.41. The Hall–Kier alpha value is -7.36. The summed E-state index contributed by atoms with van der Waals surface area (Å²) in [5, 5.41) is 6.99. The molecule has 0 aliphatic heterocycles. The van der Waals surface area contributed by atoms with Crippen LogP contribution in [0.1, 0.15) is 0 Å². The Balaban J connectivity index is 1.02. The van der Waals surface area contributed by atoms with Crippen LogP contribution in [0.15, 0.2) is 209 Å². The second-order valence-electron chi connectivity index (χ2n) is 14.1. The summed E-state index contributed by atoms with van der Waals surface area (Å²) in [5.41, 5.74) is 13.5.